The van der Waals surface area contributed by atoms with Gasteiger partial charge in [-0.25, -0.2) is 9.78 Å². The standard InChI is InChI=1S/C24H24ClNO8S/c1-2-7-32-24(30)33-12-17-20(27)21(28)22(29)23(34-17)13-5-6-15(25)14(9-13)10-19-26-11-18(35-19)16-4-3-8-31-16/h2-6,8-9,11,17,20-23,27-29H,1,7,10,12H2. The van der Waals surface area contributed by atoms with E-state index >= 15 is 0 Å². The summed E-state index contributed by atoms with van der Waals surface area (Å²) in [7, 11) is 0. The van der Waals surface area contributed by atoms with Crippen LogP contribution in [0.2, 0.25) is 5.02 Å². The Balaban J connectivity index is 1.49. The predicted octanol–water partition coefficient (Wildman–Crippen LogP) is 3.51. The van der Waals surface area contributed by atoms with E-state index in [1.807, 2.05) is 6.07 Å². The number of furan rings is 1. The van der Waals surface area contributed by atoms with Crippen LogP contribution in [0.3, 0.4) is 0 Å². The van der Waals surface area contributed by atoms with Crippen molar-refractivity contribution in [3.05, 3.63) is 76.6 Å². The van der Waals surface area contributed by atoms with Gasteiger partial charge in [-0.05, 0) is 29.3 Å². The first kappa shape index (κ1) is 25.4. The smallest absolute Gasteiger partial charge is 0.463 e. The van der Waals surface area contributed by atoms with Crippen molar-refractivity contribution >= 4 is 29.1 Å². The van der Waals surface area contributed by atoms with E-state index in [0.717, 1.165) is 21.2 Å². The van der Waals surface area contributed by atoms with Gasteiger partial charge in [-0.1, -0.05) is 36.4 Å². The number of hydrogen-bond donors (Lipinski definition) is 3. The molecule has 0 amide bonds. The normalized spacial score (nSPS) is 24.2. The van der Waals surface area contributed by atoms with Crippen LogP contribution in [0.4, 0.5) is 4.79 Å². The maximum Gasteiger partial charge on any atom is 0.508 e. The van der Waals surface area contributed by atoms with Crippen LogP contribution in [-0.2, 0) is 20.6 Å². The third-order valence-corrected chi connectivity index (χ3v) is 6.83. The summed E-state index contributed by atoms with van der Waals surface area (Å²) in [6.45, 7) is 3.02. The minimum Gasteiger partial charge on any atom is -0.463 e. The van der Waals surface area contributed by atoms with Crippen LogP contribution in [0.1, 0.15) is 22.2 Å². The molecule has 3 N–H and O–H groups in total. The van der Waals surface area contributed by atoms with Crippen molar-refractivity contribution in [2.75, 3.05) is 13.2 Å². The molecule has 11 heteroatoms. The molecule has 1 aromatic carbocycles. The lowest BCUT2D eigenvalue weighted by Gasteiger charge is -2.40. The monoisotopic (exact) mass is 521 g/mol. The van der Waals surface area contributed by atoms with Gasteiger partial charge in [0.15, 0.2) is 0 Å². The minimum absolute atomic E-state index is 0.0352. The third kappa shape index (κ3) is 5.92. The molecule has 1 aliphatic rings. The molecule has 5 atom stereocenters. The highest BCUT2D eigenvalue weighted by Crippen LogP contribution is 2.35. The summed E-state index contributed by atoms with van der Waals surface area (Å²) in [5, 5.41) is 32.6. The van der Waals surface area contributed by atoms with Gasteiger partial charge in [0.05, 0.1) is 16.1 Å². The summed E-state index contributed by atoms with van der Waals surface area (Å²) >= 11 is 7.89. The van der Waals surface area contributed by atoms with E-state index in [0.29, 0.717) is 17.0 Å². The summed E-state index contributed by atoms with van der Waals surface area (Å²) in [5.41, 5.74) is 1.27. The fraction of sp³-hybridized carbons (Fsp3) is 0.333. The first-order valence-corrected chi connectivity index (χ1v) is 11.9. The molecule has 3 heterocycles. The maximum atomic E-state index is 11.6. The number of benzene rings is 1. The molecule has 2 aromatic heterocycles. The highest BCUT2D eigenvalue weighted by atomic mass is 35.5. The van der Waals surface area contributed by atoms with Crippen molar-refractivity contribution in [1.29, 1.82) is 0 Å². The molecule has 5 unspecified atom stereocenters. The molecule has 35 heavy (non-hydrogen) atoms. The number of nitrogens with zero attached hydrogens (tertiary/aromatic N) is 1. The Hall–Kier alpha value is -2.73. The number of thiazole rings is 1. The lowest BCUT2D eigenvalue weighted by atomic mass is 9.90. The number of aromatic nitrogens is 1. The van der Waals surface area contributed by atoms with Gasteiger partial charge in [0.25, 0.3) is 0 Å². The van der Waals surface area contributed by atoms with Crippen molar-refractivity contribution in [2.45, 2.75) is 36.9 Å². The van der Waals surface area contributed by atoms with Crippen LogP contribution in [0.25, 0.3) is 10.6 Å². The second kappa shape index (κ2) is 11.3. The van der Waals surface area contributed by atoms with Gasteiger partial charge in [-0.2, -0.15) is 0 Å². The van der Waals surface area contributed by atoms with Gasteiger partial charge in [0, 0.05) is 17.6 Å². The Kier molecular flexibility index (Phi) is 8.22. The van der Waals surface area contributed by atoms with E-state index in [1.165, 1.54) is 17.4 Å². The van der Waals surface area contributed by atoms with E-state index in [9.17, 15) is 20.1 Å². The SMILES string of the molecule is C=CCOC(=O)OCC1OC(c2ccc(Cl)c(Cc3ncc(-c4ccco4)s3)c2)C(O)C(O)C1O. The second-order valence-electron chi connectivity index (χ2n) is 7.85. The van der Waals surface area contributed by atoms with Crippen molar-refractivity contribution in [1.82, 2.24) is 4.98 Å². The molecular formula is C24H24ClNO8S. The van der Waals surface area contributed by atoms with Crippen LogP contribution in [0, 0.1) is 0 Å². The number of ether oxygens (including phenoxy) is 3. The van der Waals surface area contributed by atoms with E-state index in [1.54, 1.807) is 36.7 Å². The van der Waals surface area contributed by atoms with Crippen molar-refractivity contribution in [2.24, 2.45) is 0 Å². The summed E-state index contributed by atoms with van der Waals surface area (Å²) in [4.78, 5) is 16.9. The molecular weight excluding hydrogens is 498 g/mol. The number of rotatable bonds is 8. The fourth-order valence-electron chi connectivity index (χ4n) is 3.68. The minimum atomic E-state index is -1.53. The average Bonchev–Trinajstić information content (AvgIpc) is 3.54. The lowest BCUT2D eigenvalue weighted by molar-refractivity contribution is -0.232. The van der Waals surface area contributed by atoms with E-state index < -0.39 is 36.7 Å². The van der Waals surface area contributed by atoms with Crippen LogP contribution < -0.4 is 0 Å². The zero-order valence-electron chi connectivity index (χ0n) is 18.5. The summed E-state index contributed by atoms with van der Waals surface area (Å²) in [6, 6.07) is 8.74. The third-order valence-electron chi connectivity index (χ3n) is 5.45. The van der Waals surface area contributed by atoms with Crippen LogP contribution in [-0.4, -0.2) is 64.1 Å². The fourth-order valence-corrected chi connectivity index (χ4v) is 4.77. The summed E-state index contributed by atoms with van der Waals surface area (Å²) < 4.78 is 20.9. The lowest BCUT2D eigenvalue weighted by Crippen LogP contribution is -2.55. The van der Waals surface area contributed by atoms with Gasteiger partial charge < -0.3 is 33.9 Å². The topological polar surface area (TPSA) is 131 Å². The Morgan fingerprint density at radius 2 is 2.03 bits per heavy atom. The largest absolute Gasteiger partial charge is 0.508 e. The highest BCUT2D eigenvalue weighted by Gasteiger charge is 2.44. The predicted molar refractivity (Wildman–Crippen MR) is 127 cm³/mol. The molecule has 0 bridgehead atoms. The maximum absolute atomic E-state index is 11.6. The van der Waals surface area contributed by atoms with Crippen molar-refractivity contribution in [3.63, 3.8) is 0 Å². The number of aliphatic hydroxyl groups excluding tert-OH is 3. The van der Waals surface area contributed by atoms with Gasteiger partial charge in [0.2, 0.25) is 0 Å². The van der Waals surface area contributed by atoms with E-state index in [-0.39, 0.29) is 13.2 Å². The molecule has 4 rings (SSSR count). The zero-order chi connectivity index (χ0) is 24.9. The molecule has 186 valence electrons. The molecule has 1 aliphatic heterocycles. The van der Waals surface area contributed by atoms with E-state index in [2.05, 4.69) is 11.6 Å². The van der Waals surface area contributed by atoms with Crippen LogP contribution in [0.5, 0.6) is 0 Å². The van der Waals surface area contributed by atoms with Gasteiger partial charge in [0.1, 0.15) is 49.5 Å². The number of carbonyl (C=O) groups is 1. The van der Waals surface area contributed by atoms with Gasteiger partial charge in [-0.3, -0.25) is 0 Å². The molecule has 3 aromatic rings. The molecule has 1 saturated heterocycles. The van der Waals surface area contributed by atoms with Crippen LogP contribution >= 0.6 is 22.9 Å². The number of carbonyl (C=O) groups excluding carboxylic acids is 1. The average molecular weight is 522 g/mol. The number of hydrogen-bond acceptors (Lipinski definition) is 10. The van der Waals surface area contributed by atoms with E-state index in [4.69, 9.17) is 30.2 Å². The van der Waals surface area contributed by atoms with Crippen molar-refractivity contribution in [3.8, 4) is 10.6 Å². The number of aliphatic hydroxyl groups is 3. The molecule has 0 radical (unpaired) electrons. The quantitative estimate of drug-likeness (QED) is 0.301. The Morgan fingerprint density at radius 1 is 1.20 bits per heavy atom. The van der Waals surface area contributed by atoms with Crippen molar-refractivity contribution < 1.29 is 38.7 Å². The van der Waals surface area contributed by atoms with Gasteiger partial charge in [-0.15, -0.1) is 11.3 Å². The Bertz CT molecular complexity index is 1150. The first-order valence-electron chi connectivity index (χ1n) is 10.7. The summed E-state index contributed by atoms with van der Waals surface area (Å²) in [6.07, 6.45) is -2.36. The molecule has 0 aliphatic carbocycles. The highest BCUT2D eigenvalue weighted by molar-refractivity contribution is 7.15. The van der Waals surface area contributed by atoms with Gasteiger partial charge >= 0.3 is 6.16 Å². The van der Waals surface area contributed by atoms with Crippen LogP contribution in [0.15, 0.2) is 59.9 Å². The molecule has 9 nitrogen and oxygen atoms in total. The molecule has 0 saturated carbocycles. The zero-order valence-corrected chi connectivity index (χ0v) is 20.0. The molecule has 1 fully saturated rings. The second-order valence-corrected chi connectivity index (χ2v) is 9.37. The molecule has 0 spiro atoms. The Morgan fingerprint density at radius 3 is 2.77 bits per heavy atom. The first-order chi connectivity index (χ1) is 16.9. The Labute approximate surface area is 210 Å². The number of halogens is 1. The summed E-state index contributed by atoms with van der Waals surface area (Å²) in [5.74, 6) is 0.724.